The molecule has 1 aliphatic heterocycles. The molecule has 2 aromatic rings. The van der Waals surface area contributed by atoms with Crippen LogP contribution in [0.3, 0.4) is 0 Å². The molecule has 2 N–H and O–H groups in total. The van der Waals surface area contributed by atoms with Crippen molar-refractivity contribution in [3.8, 4) is 0 Å². The van der Waals surface area contributed by atoms with Crippen molar-refractivity contribution in [1.82, 2.24) is 10.3 Å². The van der Waals surface area contributed by atoms with Gasteiger partial charge in [0.1, 0.15) is 5.69 Å². The van der Waals surface area contributed by atoms with Crippen molar-refractivity contribution in [2.24, 2.45) is 0 Å². The summed E-state index contributed by atoms with van der Waals surface area (Å²) in [5, 5.41) is 12.0. The molecule has 21 heavy (non-hydrogen) atoms. The Morgan fingerprint density at radius 2 is 2.05 bits per heavy atom. The summed E-state index contributed by atoms with van der Waals surface area (Å²) in [6.07, 6.45) is 0.807. The smallest absolute Gasteiger partial charge is 0.354 e. The third-order valence-electron chi connectivity index (χ3n) is 3.57. The van der Waals surface area contributed by atoms with E-state index in [0.29, 0.717) is 18.4 Å². The summed E-state index contributed by atoms with van der Waals surface area (Å²) < 4.78 is 0. The van der Waals surface area contributed by atoms with Crippen LogP contribution in [0.1, 0.15) is 34.8 Å². The number of amides is 2. The minimum atomic E-state index is -1.08. The van der Waals surface area contributed by atoms with Crippen molar-refractivity contribution in [1.29, 1.82) is 0 Å². The Balaban J connectivity index is 1.98. The predicted molar refractivity (Wildman–Crippen MR) is 73.8 cm³/mol. The number of rotatable bonds is 2. The normalized spacial score (nSPS) is 18.6. The monoisotopic (exact) mass is 284 g/mol. The molecule has 6 nitrogen and oxygen atoms in total. The van der Waals surface area contributed by atoms with Gasteiger partial charge in [-0.2, -0.15) is 0 Å². The number of hydrogen-bond donors (Lipinski definition) is 2. The molecule has 1 aromatic carbocycles. The van der Waals surface area contributed by atoms with Crippen molar-refractivity contribution in [3.63, 3.8) is 0 Å². The van der Waals surface area contributed by atoms with E-state index in [1.165, 1.54) is 6.07 Å². The van der Waals surface area contributed by atoms with Crippen LogP contribution >= 0.6 is 0 Å². The number of fused-ring (bicyclic) bond motifs is 1. The highest BCUT2D eigenvalue weighted by Crippen LogP contribution is 2.27. The van der Waals surface area contributed by atoms with Crippen LogP contribution in [0.2, 0.25) is 0 Å². The Bertz CT molecular complexity index is 769. The van der Waals surface area contributed by atoms with Crippen LogP contribution < -0.4 is 5.32 Å². The van der Waals surface area contributed by atoms with E-state index in [2.05, 4.69) is 10.3 Å². The second-order valence-electron chi connectivity index (χ2n) is 4.96. The molecule has 1 fully saturated rings. The number of imide groups is 1. The number of benzene rings is 1. The minimum absolute atomic E-state index is 0.0174. The Morgan fingerprint density at radius 1 is 1.24 bits per heavy atom. The zero-order valence-corrected chi connectivity index (χ0v) is 11.0. The molecular formula is C15H12N2O4. The van der Waals surface area contributed by atoms with E-state index in [0.717, 1.165) is 10.9 Å². The molecular weight excluding hydrogens is 272 g/mol. The summed E-state index contributed by atoms with van der Waals surface area (Å²) in [5.41, 5.74) is 1.35. The number of carboxylic acids is 1. The van der Waals surface area contributed by atoms with E-state index in [1.54, 1.807) is 18.2 Å². The first-order valence-electron chi connectivity index (χ1n) is 6.52. The van der Waals surface area contributed by atoms with Crippen molar-refractivity contribution in [2.75, 3.05) is 0 Å². The highest BCUT2D eigenvalue weighted by molar-refractivity contribution is 6.01. The lowest BCUT2D eigenvalue weighted by Gasteiger charge is -2.21. The van der Waals surface area contributed by atoms with Gasteiger partial charge in [-0.25, -0.2) is 9.78 Å². The maximum absolute atomic E-state index is 11.9. The lowest BCUT2D eigenvalue weighted by molar-refractivity contribution is -0.134. The zero-order chi connectivity index (χ0) is 15.0. The zero-order valence-electron chi connectivity index (χ0n) is 11.0. The number of aromatic carboxylic acids is 1. The first-order valence-corrected chi connectivity index (χ1v) is 6.52. The van der Waals surface area contributed by atoms with Crippen LogP contribution in [-0.4, -0.2) is 27.9 Å². The summed E-state index contributed by atoms with van der Waals surface area (Å²) >= 11 is 0. The predicted octanol–water partition coefficient (Wildman–Crippen LogP) is 1.45. The highest BCUT2D eigenvalue weighted by atomic mass is 16.4. The van der Waals surface area contributed by atoms with Crippen molar-refractivity contribution >= 4 is 28.7 Å². The number of piperidine rings is 1. The van der Waals surface area contributed by atoms with E-state index >= 15 is 0 Å². The van der Waals surface area contributed by atoms with Gasteiger partial charge in [0.25, 0.3) is 0 Å². The van der Waals surface area contributed by atoms with Crippen molar-refractivity contribution < 1.29 is 19.5 Å². The highest BCUT2D eigenvalue weighted by Gasteiger charge is 2.27. The summed E-state index contributed by atoms with van der Waals surface area (Å²) in [6.45, 7) is 0. The topological polar surface area (TPSA) is 96.4 Å². The largest absolute Gasteiger partial charge is 0.477 e. The van der Waals surface area contributed by atoms with Gasteiger partial charge in [0.15, 0.2) is 0 Å². The third kappa shape index (κ3) is 2.47. The van der Waals surface area contributed by atoms with Crippen LogP contribution in [0, 0.1) is 0 Å². The number of nitrogens with one attached hydrogen (secondary N) is 1. The fraction of sp³-hybridized carbons (Fsp3) is 0.200. The van der Waals surface area contributed by atoms with E-state index < -0.39 is 5.97 Å². The summed E-state index contributed by atoms with van der Waals surface area (Å²) in [4.78, 5) is 37.9. The number of carbonyl (C=O) groups is 3. The molecule has 3 rings (SSSR count). The third-order valence-corrected chi connectivity index (χ3v) is 3.57. The quantitative estimate of drug-likeness (QED) is 0.814. The molecule has 2 heterocycles. The molecule has 1 aliphatic rings. The summed E-state index contributed by atoms with van der Waals surface area (Å²) in [7, 11) is 0. The maximum Gasteiger partial charge on any atom is 0.354 e. The molecule has 1 aromatic heterocycles. The fourth-order valence-electron chi connectivity index (χ4n) is 2.49. The van der Waals surface area contributed by atoms with Gasteiger partial charge >= 0.3 is 5.97 Å². The number of nitrogens with zero attached hydrogens (tertiary/aromatic N) is 1. The van der Waals surface area contributed by atoms with Gasteiger partial charge in [-0.1, -0.05) is 12.1 Å². The van der Waals surface area contributed by atoms with E-state index in [9.17, 15) is 14.4 Å². The summed E-state index contributed by atoms with van der Waals surface area (Å²) in [6, 6.07) is 8.36. The lowest BCUT2D eigenvalue weighted by atomic mass is 9.90. The number of pyridine rings is 1. The molecule has 106 valence electrons. The molecule has 0 bridgehead atoms. The van der Waals surface area contributed by atoms with Gasteiger partial charge in [0, 0.05) is 11.8 Å². The maximum atomic E-state index is 11.9. The second kappa shape index (κ2) is 4.97. The summed E-state index contributed by atoms with van der Waals surface area (Å²) in [5.74, 6) is -1.97. The Morgan fingerprint density at radius 3 is 2.76 bits per heavy atom. The van der Waals surface area contributed by atoms with Gasteiger partial charge in [-0.05, 0) is 30.2 Å². The van der Waals surface area contributed by atoms with Crippen LogP contribution in [0.25, 0.3) is 10.9 Å². The first kappa shape index (κ1) is 13.2. The molecule has 2 amide bonds. The standard InChI is InChI=1S/C15H12N2O4/c18-13-6-3-10(14(19)17-13)8-1-4-11-9(7-8)2-5-12(16-11)15(20)21/h1-2,4-5,7,10H,3,6H2,(H,20,21)(H,17,18,19). The van der Waals surface area contributed by atoms with Crippen LogP contribution in [0.5, 0.6) is 0 Å². The first-order chi connectivity index (χ1) is 10.0. The average Bonchev–Trinajstić information content (AvgIpc) is 2.46. The van der Waals surface area contributed by atoms with Gasteiger partial charge in [-0.15, -0.1) is 0 Å². The number of carboxylic acid groups (broad SMARTS) is 1. The average molecular weight is 284 g/mol. The van der Waals surface area contributed by atoms with E-state index in [-0.39, 0.29) is 23.4 Å². The van der Waals surface area contributed by atoms with Crippen LogP contribution in [0.4, 0.5) is 0 Å². The molecule has 1 unspecified atom stereocenters. The molecule has 0 aliphatic carbocycles. The van der Waals surface area contributed by atoms with Crippen LogP contribution in [0.15, 0.2) is 30.3 Å². The lowest BCUT2D eigenvalue weighted by Crippen LogP contribution is -2.39. The van der Waals surface area contributed by atoms with E-state index in [1.807, 2.05) is 6.07 Å². The SMILES string of the molecule is O=C1CCC(c2ccc3nc(C(=O)O)ccc3c2)C(=O)N1. The van der Waals surface area contributed by atoms with Gasteiger partial charge in [-0.3, -0.25) is 14.9 Å². The molecule has 0 radical (unpaired) electrons. The van der Waals surface area contributed by atoms with Crippen molar-refractivity contribution in [2.45, 2.75) is 18.8 Å². The molecule has 6 heteroatoms. The van der Waals surface area contributed by atoms with Crippen LogP contribution in [-0.2, 0) is 9.59 Å². The molecule has 1 saturated heterocycles. The number of hydrogen-bond acceptors (Lipinski definition) is 4. The Kier molecular flexibility index (Phi) is 3.13. The van der Waals surface area contributed by atoms with Gasteiger partial charge < -0.3 is 5.11 Å². The molecule has 0 spiro atoms. The Hall–Kier alpha value is -2.76. The van der Waals surface area contributed by atoms with Gasteiger partial charge in [0.2, 0.25) is 11.8 Å². The van der Waals surface area contributed by atoms with E-state index in [4.69, 9.17) is 5.11 Å². The van der Waals surface area contributed by atoms with Gasteiger partial charge in [0.05, 0.1) is 11.4 Å². The molecule has 0 saturated carbocycles. The minimum Gasteiger partial charge on any atom is -0.477 e. The fourth-order valence-corrected chi connectivity index (χ4v) is 2.49. The number of carbonyl (C=O) groups excluding carboxylic acids is 2. The second-order valence-corrected chi connectivity index (χ2v) is 4.96. The number of aromatic nitrogens is 1. The molecule has 1 atom stereocenters. The van der Waals surface area contributed by atoms with Crippen molar-refractivity contribution in [3.05, 3.63) is 41.6 Å². The Labute approximate surface area is 119 Å².